The molecule has 0 radical (unpaired) electrons. The topological polar surface area (TPSA) is 54.0 Å². The molecule has 1 amide bonds. The molecule has 0 aliphatic heterocycles. The number of carbonyl (C=O) groups excluding carboxylic acids is 1. The Labute approximate surface area is 181 Å². The van der Waals surface area contributed by atoms with Gasteiger partial charge in [0.1, 0.15) is 0 Å². The first-order valence-electron chi connectivity index (χ1n) is 9.83. The molecule has 0 spiro atoms. The highest BCUT2D eigenvalue weighted by Gasteiger charge is 2.25. The highest BCUT2D eigenvalue weighted by Crippen LogP contribution is 2.35. The van der Waals surface area contributed by atoms with Crippen molar-refractivity contribution in [2.75, 3.05) is 10.6 Å². The van der Waals surface area contributed by atoms with E-state index in [0.717, 1.165) is 36.9 Å². The van der Waals surface area contributed by atoms with Crippen LogP contribution in [0, 0.1) is 11.4 Å². The Morgan fingerprint density at radius 3 is 2.69 bits per heavy atom. The second-order valence-corrected chi connectivity index (χ2v) is 9.51. The molecule has 0 saturated heterocycles. The van der Waals surface area contributed by atoms with Crippen molar-refractivity contribution < 1.29 is 9.18 Å². The van der Waals surface area contributed by atoms with Crippen molar-refractivity contribution >= 4 is 40.5 Å². The van der Waals surface area contributed by atoms with Crippen molar-refractivity contribution in [2.24, 2.45) is 5.41 Å². The number of halogens is 3. The Bertz CT molecular complexity index is 912. The molecule has 1 unspecified atom stereocenters. The lowest BCUT2D eigenvalue weighted by Gasteiger charge is -2.27. The lowest BCUT2D eigenvalue weighted by atomic mass is 9.90. The van der Waals surface area contributed by atoms with E-state index in [1.807, 2.05) is 6.07 Å². The van der Waals surface area contributed by atoms with E-state index in [0.29, 0.717) is 22.2 Å². The molecular formula is C22H26Cl2FN3O. The molecule has 0 fully saturated rings. The summed E-state index contributed by atoms with van der Waals surface area (Å²) < 4.78 is 14.6. The molecule has 7 heteroatoms. The first kappa shape index (κ1) is 21.8. The van der Waals surface area contributed by atoms with Crippen LogP contribution >= 0.6 is 23.2 Å². The lowest BCUT2D eigenvalue weighted by molar-refractivity contribution is -0.116. The summed E-state index contributed by atoms with van der Waals surface area (Å²) in [6.45, 7) is 6.22. The zero-order chi connectivity index (χ0) is 21.2. The summed E-state index contributed by atoms with van der Waals surface area (Å²) in [5.41, 5.74) is 2.62. The first-order valence-corrected chi connectivity index (χ1v) is 10.6. The summed E-state index contributed by atoms with van der Waals surface area (Å²) in [5, 5.41) is 6.99. The molecule has 156 valence electrons. The molecule has 3 rings (SSSR count). The van der Waals surface area contributed by atoms with E-state index in [9.17, 15) is 9.18 Å². The first-order chi connectivity index (χ1) is 13.6. The third kappa shape index (κ3) is 5.83. The number of anilines is 2. The molecule has 29 heavy (non-hydrogen) atoms. The second-order valence-electron chi connectivity index (χ2n) is 8.70. The Morgan fingerprint density at radius 2 is 2.00 bits per heavy atom. The largest absolute Gasteiger partial charge is 0.377 e. The van der Waals surface area contributed by atoms with Crippen LogP contribution in [0.3, 0.4) is 0 Å². The lowest BCUT2D eigenvalue weighted by Crippen LogP contribution is -2.22. The van der Waals surface area contributed by atoms with E-state index in [1.165, 1.54) is 0 Å². The average molecular weight is 438 g/mol. The fraction of sp³-hybridized carbons (Fsp3) is 0.455. The number of pyridine rings is 1. The molecular weight excluding hydrogens is 412 g/mol. The molecule has 0 bridgehead atoms. The molecule has 1 aromatic heterocycles. The fourth-order valence-electron chi connectivity index (χ4n) is 3.40. The van der Waals surface area contributed by atoms with Crippen molar-refractivity contribution in [1.29, 1.82) is 0 Å². The summed E-state index contributed by atoms with van der Waals surface area (Å²) in [4.78, 5) is 16.4. The zero-order valence-electron chi connectivity index (χ0n) is 16.9. The van der Waals surface area contributed by atoms with Gasteiger partial charge < -0.3 is 10.6 Å². The Hall–Kier alpha value is -1.85. The number of aromatic nitrogens is 1. The molecule has 4 nitrogen and oxygen atoms in total. The van der Waals surface area contributed by atoms with Crippen LogP contribution in [0.25, 0.3) is 0 Å². The highest BCUT2D eigenvalue weighted by atomic mass is 35.5. The van der Waals surface area contributed by atoms with Crippen molar-refractivity contribution in [1.82, 2.24) is 4.98 Å². The number of amides is 1. The van der Waals surface area contributed by atoms with Crippen LogP contribution in [-0.2, 0) is 11.2 Å². The van der Waals surface area contributed by atoms with Gasteiger partial charge in [-0.25, -0.2) is 4.98 Å². The predicted octanol–water partition coefficient (Wildman–Crippen LogP) is 6.78. The maximum Gasteiger partial charge on any atom is 0.236 e. The van der Waals surface area contributed by atoms with Gasteiger partial charge in [-0.3, -0.25) is 4.79 Å². The third-order valence-electron chi connectivity index (χ3n) is 4.99. The van der Waals surface area contributed by atoms with Gasteiger partial charge in [-0.2, -0.15) is 4.39 Å². The van der Waals surface area contributed by atoms with Gasteiger partial charge in [0.25, 0.3) is 0 Å². The number of aryl methyl sites for hydroxylation is 1. The van der Waals surface area contributed by atoms with Gasteiger partial charge in [0.2, 0.25) is 11.9 Å². The molecule has 1 aliphatic carbocycles. The second kappa shape index (κ2) is 8.88. The van der Waals surface area contributed by atoms with Crippen LogP contribution in [0.4, 0.5) is 15.8 Å². The van der Waals surface area contributed by atoms with Crippen molar-refractivity contribution in [3.05, 3.63) is 51.5 Å². The van der Waals surface area contributed by atoms with E-state index in [4.69, 9.17) is 23.2 Å². The number of hydrogen-bond acceptors (Lipinski definition) is 3. The van der Waals surface area contributed by atoms with Gasteiger partial charge >= 0.3 is 0 Å². The van der Waals surface area contributed by atoms with Gasteiger partial charge in [0.05, 0.1) is 27.5 Å². The SMILES string of the molecule is CC(C)(C)CCC(=O)Nc1cc2c(nc1F)C(Nc1ccc(Cl)c(Cl)c1)CCC2. The maximum atomic E-state index is 14.6. The van der Waals surface area contributed by atoms with Crippen LogP contribution in [-0.4, -0.2) is 10.9 Å². The number of hydrogen-bond donors (Lipinski definition) is 2. The average Bonchev–Trinajstić information content (AvgIpc) is 2.64. The van der Waals surface area contributed by atoms with E-state index in [2.05, 4.69) is 36.4 Å². The van der Waals surface area contributed by atoms with Crippen molar-refractivity contribution in [3.63, 3.8) is 0 Å². The van der Waals surface area contributed by atoms with Crippen LogP contribution in [0.2, 0.25) is 10.0 Å². The summed E-state index contributed by atoms with van der Waals surface area (Å²) in [6.07, 6.45) is 3.65. The van der Waals surface area contributed by atoms with Crippen LogP contribution in [0.15, 0.2) is 24.3 Å². The van der Waals surface area contributed by atoms with Crippen LogP contribution < -0.4 is 10.6 Å². The minimum absolute atomic E-state index is 0.0490. The minimum atomic E-state index is -0.657. The Morgan fingerprint density at radius 1 is 1.24 bits per heavy atom. The molecule has 1 atom stereocenters. The number of benzene rings is 1. The van der Waals surface area contributed by atoms with Gasteiger partial charge in [-0.15, -0.1) is 0 Å². The monoisotopic (exact) mass is 437 g/mol. The molecule has 0 saturated carbocycles. The van der Waals surface area contributed by atoms with Crippen LogP contribution in [0.1, 0.15) is 63.8 Å². The molecule has 2 N–H and O–H groups in total. The normalized spacial score (nSPS) is 16.3. The molecule has 2 aromatic rings. The maximum absolute atomic E-state index is 14.6. The summed E-state index contributed by atoms with van der Waals surface area (Å²) in [7, 11) is 0. The van der Waals surface area contributed by atoms with Gasteiger partial charge in [-0.05, 0) is 60.9 Å². The van der Waals surface area contributed by atoms with Crippen molar-refractivity contribution in [3.8, 4) is 0 Å². The smallest absolute Gasteiger partial charge is 0.236 e. The molecule has 1 aromatic carbocycles. The molecule has 1 aliphatic rings. The van der Waals surface area contributed by atoms with E-state index < -0.39 is 5.95 Å². The van der Waals surface area contributed by atoms with E-state index in [-0.39, 0.29) is 23.1 Å². The predicted molar refractivity (Wildman–Crippen MR) is 117 cm³/mol. The number of nitrogens with zero attached hydrogens (tertiary/aromatic N) is 1. The Balaban J connectivity index is 1.76. The van der Waals surface area contributed by atoms with Gasteiger partial charge in [0.15, 0.2) is 0 Å². The number of carbonyl (C=O) groups is 1. The summed E-state index contributed by atoms with van der Waals surface area (Å²) in [6, 6.07) is 6.90. The van der Waals surface area contributed by atoms with Crippen LogP contribution in [0.5, 0.6) is 0 Å². The van der Waals surface area contributed by atoms with Gasteiger partial charge in [-0.1, -0.05) is 44.0 Å². The van der Waals surface area contributed by atoms with Gasteiger partial charge in [0, 0.05) is 12.1 Å². The number of fused-ring (bicyclic) bond motifs is 1. The fourth-order valence-corrected chi connectivity index (χ4v) is 3.70. The number of rotatable bonds is 5. The number of nitrogens with one attached hydrogen (secondary N) is 2. The quantitative estimate of drug-likeness (QED) is 0.506. The molecule has 1 heterocycles. The van der Waals surface area contributed by atoms with E-state index in [1.54, 1.807) is 18.2 Å². The standard InChI is InChI=1S/C22H26Cl2FN3O/c1-22(2,3)10-9-19(29)27-18-11-13-5-4-6-17(20(13)28-21(18)25)26-14-7-8-15(23)16(24)12-14/h7-8,11-12,17,26H,4-6,9-10H2,1-3H3,(H,27,29). The summed E-state index contributed by atoms with van der Waals surface area (Å²) in [5.74, 6) is -0.849. The summed E-state index contributed by atoms with van der Waals surface area (Å²) >= 11 is 12.1. The third-order valence-corrected chi connectivity index (χ3v) is 5.73. The van der Waals surface area contributed by atoms with Crippen molar-refractivity contribution in [2.45, 2.75) is 58.9 Å². The highest BCUT2D eigenvalue weighted by molar-refractivity contribution is 6.42. The van der Waals surface area contributed by atoms with E-state index >= 15 is 0 Å². The minimum Gasteiger partial charge on any atom is -0.377 e. The Kier molecular flexibility index (Phi) is 6.69. The zero-order valence-corrected chi connectivity index (χ0v) is 18.4.